The molecule has 0 saturated heterocycles. The molecule has 0 bridgehead atoms. The molecule has 129 valence electrons. The smallest absolute Gasteiger partial charge is 0.347 e. The van der Waals surface area contributed by atoms with E-state index in [4.69, 9.17) is 9.47 Å². The summed E-state index contributed by atoms with van der Waals surface area (Å²) < 4.78 is 9.92. The van der Waals surface area contributed by atoms with Crippen molar-refractivity contribution in [2.24, 2.45) is 5.92 Å². The fourth-order valence-corrected chi connectivity index (χ4v) is 2.84. The van der Waals surface area contributed by atoms with E-state index in [1.807, 2.05) is 12.2 Å². The van der Waals surface area contributed by atoms with E-state index in [1.54, 1.807) is 37.3 Å². The molecule has 2 rings (SSSR count). The predicted octanol–water partition coefficient (Wildman–Crippen LogP) is 2.54. The molecular formula is C19H23O5. The molecule has 0 aromatic heterocycles. The van der Waals surface area contributed by atoms with Gasteiger partial charge in [-0.1, -0.05) is 42.5 Å². The second-order valence-electron chi connectivity index (χ2n) is 5.74. The Kier molecular flexibility index (Phi) is 6.15. The topological polar surface area (TPSA) is 72.8 Å². The highest BCUT2D eigenvalue weighted by atomic mass is 16.6. The first-order valence-corrected chi connectivity index (χ1v) is 8.15. The van der Waals surface area contributed by atoms with Crippen LogP contribution in [0.5, 0.6) is 0 Å². The van der Waals surface area contributed by atoms with Crippen molar-refractivity contribution in [3.05, 3.63) is 55.0 Å². The van der Waals surface area contributed by atoms with Crippen molar-refractivity contribution in [1.29, 1.82) is 0 Å². The number of allylic oxidation sites excluding steroid dienone is 1. The van der Waals surface area contributed by atoms with Crippen LogP contribution in [0.4, 0.5) is 0 Å². The molecule has 3 atom stereocenters. The Balaban J connectivity index is 2.29. The van der Waals surface area contributed by atoms with Gasteiger partial charge in [0.2, 0.25) is 0 Å². The highest BCUT2D eigenvalue weighted by Gasteiger charge is 2.47. The van der Waals surface area contributed by atoms with Crippen molar-refractivity contribution in [2.45, 2.75) is 37.9 Å². The van der Waals surface area contributed by atoms with Gasteiger partial charge in [0, 0.05) is 5.92 Å². The minimum absolute atomic E-state index is 0.163. The predicted molar refractivity (Wildman–Crippen MR) is 88.7 cm³/mol. The lowest BCUT2D eigenvalue weighted by Crippen LogP contribution is -2.46. The molecule has 5 heteroatoms. The van der Waals surface area contributed by atoms with Crippen LogP contribution in [-0.4, -0.2) is 29.8 Å². The molecule has 1 aromatic carbocycles. The molecule has 1 aromatic rings. The number of ether oxygens (including phenoxy) is 2. The second kappa shape index (κ2) is 8.11. The van der Waals surface area contributed by atoms with Gasteiger partial charge in [-0.2, -0.15) is 0 Å². The van der Waals surface area contributed by atoms with Gasteiger partial charge in [0.1, 0.15) is 0 Å². The normalized spacial score (nSPS) is 20.7. The fourth-order valence-electron chi connectivity index (χ4n) is 2.84. The summed E-state index contributed by atoms with van der Waals surface area (Å²) in [5.74, 6) is -2.05. The average Bonchev–Trinajstić information content (AvgIpc) is 2.62. The highest BCUT2D eigenvalue weighted by Crippen LogP contribution is 2.37. The van der Waals surface area contributed by atoms with Gasteiger partial charge in [-0.15, -0.1) is 0 Å². The standard InChI is InChI=1S/C19H23O5/c1-3-23-17(20)14(2)24-18(21)19(22,15-10-6-4-7-11-15)16-12-8-5-9-13-16/h4,6-8,10-12,14,16,22H,2-3,5,9,13H2,1H3. The average molecular weight is 331 g/mol. The molecule has 5 nitrogen and oxygen atoms in total. The zero-order chi connectivity index (χ0) is 17.6. The Labute approximate surface area is 142 Å². The third-order valence-corrected chi connectivity index (χ3v) is 4.11. The summed E-state index contributed by atoms with van der Waals surface area (Å²) >= 11 is 0. The number of rotatable bonds is 6. The van der Waals surface area contributed by atoms with E-state index in [2.05, 4.69) is 6.92 Å². The van der Waals surface area contributed by atoms with Crippen LogP contribution in [0, 0.1) is 12.8 Å². The molecule has 0 aliphatic heterocycles. The number of esters is 2. The lowest BCUT2D eigenvalue weighted by atomic mass is 9.76. The van der Waals surface area contributed by atoms with Gasteiger partial charge in [-0.25, -0.2) is 9.59 Å². The lowest BCUT2D eigenvalue weighted by Gasteiger charge is -2.34. The largest absolute Gasteiger partial charge is 0.463 e. The summed E-state index contributed by atoms with van der Waals surface area (Å²) in [4.78, 5) is 24.4. The van der Waals surface area contributed by atoms with Crippen LogP contribution in [0.2, 0.25) is 0 Å². The first kappa shape index (κ1) is 18.2. The van der Waals surface area contributed by atoms with E-state index >= 15 is 0 Å². The number of aliphatic hydroxyl groups is 1. The van der Waals surface area contributed by atoms with Crippen LogP contribution in [0.25, 0.3) is 0 Å². The van der Waals surface area contributed by atoms with E-state index < -0.39 is 29.6 Å². The molecule has 3 unspecified atom stereocenters. The number of hydrogen-bond acceptors (Lipinski definition) is 5. The Morgan fingerprint density at radius 3 is 2.67 bits per heavy atom. The van der Waals surface area contributed by atoms with E-state index in [9.17, 15) is 14.7 Å². The van der Waals surface area contributed by atoms with E-state index in [1.165, 1.54) is 0 Å². The van der Waals surface area contributed by atoms with Crippen molar-refractivity contribution in [2.75, 3.05) is 6.61 Å². The maximum Gasteiger partial charge on any atom is 0.347 e. The van der Waals surface area contributed by atoms with Gasteiger partial charge < -0.3 is 14.6 Å². The Morgan fingerprint density at radius 1 is 1.38 bits per heavy atom. The molecule has 0 spiro atoms. The Morgan fingerprint density at radius 2 is 2.08 bits per heavy atom. The second-order valence-corrected chi connectivity index (χ2v) is 5.74. The third kappa shape index (κ3) is 3.85. The quantitative estimate of drug-likeness (QED) is 0.640. The zero-order valence-electron chi connectivity index (χ0n) is 13.8. The summed E-state index contributed by atoms with van der Waals surface area (Å²) in [5.41, 5.74) is -1.43. The van der Waals surface area contributed by atoms with Crippen LogP contribution in [0.15, 0.2) is 42.5 Å². The van der Waals surface area contributed by atoms with Gasteiger partial charge in [-0.05, 0) is 38.7 Å². The SMILES string of the molecule is [CH2]C(OC(=O)C(O)(c1ccccc1)C1C=CCCC1)C(=O)OCC. The third-order valence-electron chi connectivity index (χ3n) is 4.11. The van der Waals surface area contributed by atoms with Crippen molar-refractivity contribution in [3.63, 3.8) is 0 Å². The van der Waals surface area contributed by atoms with Gasteiger partial charge in [0.25, 0.3) is 0 Å². The van der Waals surface area contributed by atoms with Crippen LogP contribution >= 0.6 is 0 Å². The first-order chi connectivity index (χ1) is 11.5. The summed E-state index contributed by atoms with van der Waals surface area (Å²) in [5, 5.41) is 11.2. The van der Waals surface area contributed by atoms with E-state index in [0.29, 0.717) is 12.0 Å². The lowest BCUT2D eigenvalue weighted by molar-refractivity contribution is -0.182. The fraction of sp³-hybridized carbons (Fsp3) is 0.421. The molecule has 24 heavy (non-hydrogen) atoms. The molecule has 1 aliphatic carbocycles. The van der Waals surface area contributed by atoms with E-state index in [0.717, 1.165) is 12.8 Å². The summed E-state index contributed by atoms with van der Waals surface area (Å²) in [6.45, 7) is 5.32. The van der Waals surface area contributed by atoms with Crippen LogP contribution in [-0.2, 0) is 24.7 Å². The molecule has 1 aliphatic rings. The maximum atomic E-state index is 12.7. The molecule has 0 saturated carbocycles. The van der Waals surface area contributed by atoms with Gasteiger partial charge in [0.05, 0.1) is 6.61 Å². The maximum absolute atomic E-state index is 12.7. The zero-order valence-corrected chi connectivity index (χ0v) is 13.8. The van der Waals surface area contributed by atoms with Crippen molar-refractivity contribution in [1.82, 2.24) is 0 Å². The van der Waals surface area contributed by atoms with Gasteiger partial charge in [-0.3, -0.25) is 0 Å². The summed E-state index contributed by atoms with van der Waals surface area (Å²) in [6.07, 6.45) is 4.90. The monoisotopic (exact) mass is 331 g/mol. The molecule has 0 amide bonds. The van der Waals surface area contributed by atoms with E-state index in [-0.39, 0.29) is 6.61 Å². The summed E-state index contributed by atoms with van der Waals surface area (Å²) in [6, 6.07) is 8.63. The summed E-state index contributed by atoms with van der Waals surface area (Å²) in [7, 11) is 0. The number of hydrogen-bond donors (Lipinski definition) is 1. The number of carbonyl (C=O) groups is 2. The molecule has 0 fully saturated rings. The van der Waals surface area contributed by atoms with Crippen molar-refractivity contribution in [3.8, 4) is 0 Å². The van der Waals surface area contributed by atoms with Crippen LogP contribution < -0.4 is 0 Å². The molecule has 0 heterocycles. The van der Waals surface area contributed by atoms with Crippen LogP contribution in [0.1, 0.15) is 31.7 Å². The molecular weight excluding hydrogens is 308 g/mol. The Bertz CT molecular complexity index is 595. The van der Waals surface area contributed by atoms with Crippen LogP contribution in [0.3, 0.4) is 0 Å². The number of carbonyl (C=O) groups excluding carboxylic acids is 2. The highest BCUT2D eigenvalue weighted by molar-refractivity contribution is 5.85. The van der Waals surface area contributed by atoms with Gasteiger partial charge in [0.15, 0.2) is 11.7 Å². The minimum Gasteiger partial charge on any atom is -0.463 e. The van der Waals surface area contributed by atoms with Gasteiger partial charge >= 0.3 is 11.9 Å². The van der Waals surface area contributed by atoms with Crippen molar-refractivity contribution < 1.29 is 24.2 Å². The first-order valence-electron chi connectivity index (χ1n) is 8.15. The minimum atomic E-state index is -1.86. The molecule has 1 N–H and O–H groups in total. The number of benzene rings is 1. The molecule has 1 radical (unpaired) electrons. The van der Waals surface area contributed by atoms with Crippen molar-refractivity contribution >= 4 is 11.9 Å². The Hall–Kier alpha value is -2.14.